The zero-order valence-electron chi connectivity index (χ0n) is 15.5. The lowest BCUT2D eigenvalue weighted by Crippen LogP contribution is -2.32. The van der Waals surface area contributed by atoms with E-state index in [1.54, 1.807) is 24.3 Å². The molecule has 0 fully saturated rings. The number of Topliss-reactive ketones (excluding diaryl/α,β-unsaturated/α-hetero) is 1. The summed E-state index contributed by atoms with van der Waals surface area (Å²) < 4.78 is 10.3. The van der Waals surface area contributed by atoms with Gasteiger partial charge in [0.1, 0.15) is 0 Å². The molecule has 0 aromatic heterocycles. The number of benzene rings is 2. The molecule has 26 heavy (non-hydrogen) atoms. The zero-order chi connectivity index (χ0) is 18.9. The molecule has 0 saturated heterocycles. The van der Waals surface area contributed by atoms with Crippen molar-refractivity contribution in [2.75, 3.05) is 19.0 Å². The van der Waals surface area contributed by atoms with Crippen LogP contribution in [0.4, 0.5) is 5.69 Å². The minimum Gasteiger partial charge on any atom is -0.465 e. The van der Waals surface area contributed by atoms with Gasteiger partial charge in [-0.2, -0.15) is 0 Å². The highest BCUT2D eigenvalue weighted by Gasteiger charge is 2.20. The van der Waals surface area contributed by atoms with Gasteiger partial charge in [-0.15, -0.1) is 0 Å². The van der Waals surface area contributed by atoms with Crippen molar-refractivity contribution in [3.05, 3.63) is 65.2 Å². The van der Waals surface area contributed by atoms with Crippen LogP contribution in [-0.2, 0) is 15.9 Å². The quantitative estimate of drug-likeness (QED) is 0.417. The monoisotopic (exact) mass is 355 g/mol. The molecule has 0 aliphatic rings. The molecule has 0 radical (unpaired) electrons. The number of hydrogen-bond donors (Lipinski definition) is 1. The molecular weight excluding hydrogens is 330 g/mol. The number of rotatable bonds is 9. The summed E-state index contributed by atoms with van der Waals surface area (Å²) in [4.78, 5) is 24.3. The predicted molar refractivity (Wildman–Crippen MR) is 102 cm³/mol. The number of nitrogens with one attached hydrogen (secondary N) is 1. The van der Waals surface area contributed by atoms with Gasteiger partial charge in [-0.1, -0.05) is 37.6 Å². The Kier molecular flexibility index (Phi) is 7.36. The molecule has 2 aromatic carbocycles. The Balaban J connectivity index is 2.11. The van der Waals surface area contributed by atoms with Crippen LogP contribution < -0.4 is 5.32 Å². The second-order valence-corrected chi connectivity index (χ2v) is 5.86. The van der Waals surface area contributed by atoms with Crippen molar-refractivity contribution < 1.29 is 19.1 Å². The lowest BCUT2D eigenvalue weighted by molar-refractivity contribution is 0.0549. The van der Waals surface area contributed by atoms with E-state index in [-0.39, 0.29) is 5.78 Å². The highest BCUT2D eigenvalue weighted by Crippen LogP contribution is 2.15. The van der Waals surface area contributed by atoms with E-state index in [2.05, 4.69) is 17.0 Å². The van der Waals surface area contributed by atoms with Gasteiger partial charge in [0.25, 0.3) is 0 Å². The minimum atomic E-state index is -0.791. The van der Waals surface area contributed by atoms with Gasteiger partial charge in [0.2, 0.25) is 5.78 Å². The van der Waals surface area contributed by atoms with Gasteiger partial charge < -0.3 is 14.8 Å². The van der Waals surface area contributed by atoms with E-state index < -0.39 is 12.2 Å². The number of ketones is 1. The molecule has 0 amide bonds. The molecule has 138 valence electrons. The molecule has 1 unspecified atom stereocenters. The van der Waals surface area contributed by atoms with Gasteiger partial charge in [-0.3, -0.25) is 4.79 Å². The van der Waals surface area contributed by atoms with E-state index in [9.17, 15) is 9.59 Å². The van der Waals surface area contributed by atoms with E-state index in [1.165, 1.54) is 12.7 Å². The summed E-state index contributed by atoms with van der Waals surface area (Å²) >= 11 is 0. The Morgan fingerprint density at radius 3 is 2.12 bits per heavy atom. The fourth-order valence-corrected chi connectivity index (χ4v) is 2.60. The molecule has 1 N–H and O–H groups in total. The summed E-state index contributed by atoms with van der Waals surface area (Å²) in [6, 6.07) is 14.3. The summed E-state index contributed by atoms with van der Waals surface area (Å²) in [5, 5.41) is 3.08. The Labute approximate surface area is 154 Å². The zero-order valence-corrected chi connectivity index (χ0v) is 15.5. The van der Waals surface area contributed by atoms with E-state index in [1.807, 2.05) is 31.2 Å². The van der Waals surface area contributed by atoms with Crippen LogP contribution in [0.3, 0.4) is 0 Å². The molecule has 5 heteroatoms. The first kappa shape index (κ1) is 19.7. The molecule has 0 bridgehead atoms. The Morgan fingerprint density at radius 2 is 1.58 bits per heavy atom. The van der Waals surface area contributed by atoms with Crippen molar-refractivity contribution in [3.63, 3.8) is 0 Å². The maximum absolute atomic E-state index is 12.8. The van der Waals surface area contributed by atoms with Crippen LogP contribution in [0.25, 0.3) is 0 Å². The third-order valence-electron chi connectivity index (χ3n) is 3.95. The number of ether oxygens (including phenoxy) is 2. The molecule has 2 rings (SSSR count). The van der Waals surface area contributed by atoms with Gasteiger partial charge in [0, 0.05) is 17.9 Å². The van der Waals surface area contributed by atoms with Crippen LogP contribution in [0.1, 0.15) is 46.5 Å². The van der Waals surface area contributed by atoms with Gasteiger partial charge >= 0.3 is 5.97 Å². The first-order valence-electron chi connectivity index (χ1n) is 8.78. The lowest BCUT2D eigenvalue weighted by atomic mass is 10.0. The molecular formula is C21H25NO4. The highest BCUT2D eigenvalue weighted by molar-refractivity contribution is 6.00. The standard InChI is InChI=1S/C21H25NO4/c1-4-6-15-7-9-16(10-8-15)19(23)20(26-5-2)22-18-13-11-17(12-14-18)21(24)25-3/h7-14,20,22H,4-6H2,1-3H3. The Bertz CT molecular complexity index is 723. The topological polar surface area (TPSA) is 64.6 Å². The molecule has 0 saturated carbocycles. The van der Waals surface area contributed by atoms with Crippen molar-refractivity contribution in [1.29, 1.82) is 0 Å². The second-order valence-electron chi connectivity index (χ2n) is 5.86. The van der Waals surface area contributed by atoms with Crippen LogP contribution >= 0.6 is 0 Å². The molecule has 0 heterocycles. The van der Waals surface area contributed by atoms with Gasteiger partial charge in [-0.25, -0.2) is 4.79 Å². The van der Waals surface area contributed by atoms with Crippen LogP contribution in [0.2, 0.25) is 0 Å². The number of carbonyl (C=O) groups excluding carboxylic acids is 2. The fraction of sp³-hybridized carbons (Fsp3) is 0.333. The van der Waals surface area contributed by atoms with E-state index in [0.717, 1.165) is 12.8 Å². The van der Waals surface area contributed by atoms with Crippen molar-refractivity contribution in [3.8, 4) is 0 Å². The van der Waals surface area contributed by atoms with E-state index >= 15 is 0 Å². The van der Waals surface area contributed by atoms with Crippen LogP contribution in [-0.4, -0.2) is 31.7 Å². The van der Waals surface area contributed by atoms with Crippen LogP contribution in [0, 0.1) is 0 Å². The van der Waals surface area contributed by atoms with E-state index in [4.69, 9.17) is 4.74 Å². The minimum absolute atomic E-state index is 0.132. The van der Waals surface area contributed by atoms with Gasteiger partial charge in [-0.05, 0) is 43.2 Å². The summed E-state index contributed by atoms with van der Waals surface area (Å²) in [6.45, 7) is 4.36. The number of carbonyl (C=O) groups is 2. The molecule has 5 nitrogen and oxygen atoms in total. The van der Waals surface area contributed by atoms with Crippen molar-refractivity contribution in [1.82, 2.24) is 0 Å². The number of esters is 1. The number of methoxy groups -OCH3 is 1. The first-order valence-corrected chi connectivity index (χ1v) is 8.78. The third-order valence-corrected chi connectivity index (χ3v) is 3.95. The number of anilines is 1. The molecule has 0 aliphatic carbocycles. The van der Waals surface area contributed by atoms with Crippen LogP contribution in [0.15, 0.2) is 48.5 Å². The second kappa shape index (κ2) is 9.73. The summed E-state index contributed by atoms with van der Waals surface area (Å²) in [5.41, 5.74) is 2.95. The third kappa shape index (κ3) is 5.17. The summed E-state index contributed by atoms with van der Waals surface area (Å²) in [6.07, 6.45) is 1.27. The largest absolute Gasteiger partial charge is 0.465 e. The molecule has 0 spiro atoms. The van der Waals surface area contributed by atoms with E-state index in [0.29, 0.717) is 23.4 Å². The highest BCUT2D eigenvalue weighted by atomic mass is 16.5. The Hall–Kier alpha value is -2.66. The molecule has 1 atom stereocenters. The molecule has 0 aliphatic heterocycles. The lowest BCUT2D eigenvalue weighted by Gasteiger charge is -2.19. The summed E-state index contributed by atoms with van der Waals surface area (Å²) in [7, 11) is 1.34. The van der Waals surface area contributed by atoms with Crippen molar-refractivity contribution in [2.45, 2.75) is 32.9 Å². The SMILES string of the molecule is CCCc1ccc(C(=O)C(Nc2ccc(C(=O)OC)cc2)OCC)cc1. The first-order chi connectivity index (χ1) is 12.6. The maximum Gasteiger partial charge on any atom is 0.337 e. The van der Waals surface area contributed by atoms with Gasteiger partial charge in [0.15, 0.2) is 6.23 Å². The van der Waals surface area contributed by atoms with Crippen LogP contribution in [0.5, 0.6) is 0 Å². The summed E-state index contributed by atoms with van der Waals surface area (Å²) in [5.74, 6) is -0.534. The number of aryl methyl sites for hydroxylation is 1. The fourth-order valence-electron chi connectivity index (χ4n) is 2.60. The maximum atomic E-state index is 12.8. The average molecular weight is 355 g/mol. The Morgan fingerprint density at radius 1 is 0.962 bits per heavy atom. The van der Waals surface area contributed by atoms with Gasteiger partial charge in [0.05, 0.1) is 12.7 Å². The van der Waals surface area contributed by atoms with Crippen molar-refractivity contribution >= 4 is 17.4 Å². The molecule has 2 aromatic rings. The van der Waals surface area contributed by atoms with Crippen molar-refractivity contribution in [2.24, 2.45) is 0 Å². The average Bonchev–Trinajstić information content (AvgIpc) is 2.68. The normalized spacial score (nSPS) is 11.7. The predicted octanol–water partition coefficient (Wildman–Crippen LogP) is 4.08. The smallest absolute Gasteiger partial charge is 0.337 e. The number of hydrogen-bond acceptors (Lipinski definition) is 5.